The van der Waals surface area contributed by atoms with Crippen molar-refractivity contribution in [2.75, 3.05) is 0 Å². The van der Waals surface area contributed by atoms with Crippen molar-refractivity contribution in [3.8, 4) is 5.75 Å². The summed E-state index contributed by atoms with van der Waals surface area (Å²) in [6, 6.07) is 8.43. The number of nitrogens with one attached hydrogen (secondary N) is 1. The minimum atomic E-state index is -0.541. The first-order valence-corrected chi connectivity index (χ1v) is 7.73. The number of carbonyl (C=O) groups excluding carboxylic acids is 1. The van der Waals surface area contributed by atoms with E-state index in [2.05, 4.69) is 42.4 Å². The van der Waals surface area contributed by atoms with Crippen molar-refractivity contribution in [3.05, 3.63) is 66.6 Å². The SMILES string of the molecule is O=C(N/N=C\c1cc(Br)c(O)c(Br)c1)c1ccc([N+](=O)[O-])cc1. The van der Waals surface area contributed by atoms with Crippen LogP contribution in [-0.4, -0.2) is 22.2 Å². The highest BCUT2D eigenvalue weighted by Gasteiger charge is 2.09. The minimum Gasteiger partial charge on any atom is -0.506 e. The second-order valence-electron chi connectivity index (χ2n) is 4.34. The number of nitrogens with zero attached hydrogens (tertiary/aromatic N) is 2. The number of hydrogen-bond donors (Lipinski definition) is 2. The molecule has 0 fully saturated rings. The van der Waals surface area contributed by atoms with Crippen molar-refractivity contribution in [2.45, 2.75) is 0 Å². The fourth-order valence-corrected chi connectivity index (χ4v) is 2.85. The van der Waals surface area contributed by atoms with E-state index in [1.165, 1.54) is 30.5 Å². The van der Waals surface area contributed by atoms with Crippen LogP contribution in [0.15, 0.2) is 50.4 Å². The number of nitro benzene ring substituents is 1. The summed E-state index contributed by atoms with van der Waals surface area (Å²) in [4.78, 5) is 21.9. The molecular weight excluding hydrogens is 434 g/mol. The molecule has 0 aromatic heterocycles. The van der Waals surface area contributed by atoms with E-state index >= 15 is 0 Å². The van der Waals surface area contributed by atoms with Gasteiger partial charge < -0.3 is 5.11 Å². The molecule has 2 aromatic carbocycles. The lowest BCUT2D eigenvalue weighted by molar-refractivity contribution is -0.384. The van der Waals surface area contributed by atoms with E-state index in [-0.39, 0.29) is 17.0 Å². The molecule has 0 heterocycles. The normalized spacial score (nSPS) is 10.7. The molecule has 0 saturated heterocycles. The van der Waals surface area contributed by atoms with Gasteiger partial charge in [0.15, 0.2) is 0 Å². The van der Waals surface area contributed by atoms with E-state index < -0.39 is 10.8 Å². The van der Waals surface area contributed by atoms with Gasteiger partial charge >= 0.3 is 0 Å². The third-order valence-corrected chi connectivity index (χ3v) is 3.97. The number of non-ortho nitro benzene ring substituents is 1. The molecule has 118 valence electrons. The van der Waals surface area contributed by atoms with Crippen molar-refractivity contribution < 1.29 is 14.8 Å². The van der Waals surface area contributed by atoms with Crippen LogP contribution in [0.5, 0.6) is 5.75 Å². The van der Waals surface area contributed by atoms with Crippen LogP contribution in [0.4, 0.5) is 5.69 Å². The van der Waals surface area contributed by atoms with Gasteiger partial charge in [0.05, 0.1) is 20.1 Å². The molecule has 2 N–H and O–H groups in total. The molecule has 2 rings (SSSR count). The third kappa shape index (κ3) is 4.36. The summed E-state index contributed by atoms with van der Waals surface area (Å²) in [6.07, 6.45) is 1.40. The predicted molar refractivity (Wildman–Crippen MR) is 91.7 cm³/mol. The third-order valence-electron chi connectivity index (χ3n) is 2.76. The lowest BCUT2D eigenvalue weighted by atomic mass is 10.2. The lowest BCUT2D eigenvalue weighted by Gasteiger charge is -2.02. The molecule has 0 bridgehead atoms. The maximum absolute atomic E-state index is 11.9. The smallest absolute Gasteiger partial charge is 0.271 e. The number of phenolic OH excluding ortho intramolecular Hbond substituents is 1. The molecule has 0 saturated carbocycles. The first kappa shape index (κ1) is 17.1. The van der Waals surface area contributed by atoms with E-state index in [1.54, 1.807) is 12.1 Å². The number of hydrazone groups is 1. The molecule has 1 amide bonds. The van der Waals surface area contributed by atoms with Gasteiger partial charge in [-0.3, -0.25) is 14.9 Å². The summed E-state index contributed by atoms with van der Waals surface area (Å²) in [5, 5.41) is 24.0. The van der Waals surface area contributed by atoms with Crippen LogP contribution >= 0.6 is 31.9 Å². The topological polar surface area (TPSA) is 105 Å². The summed E-state index contributed by atoms with van der Waals surface area (Å²) in [6.45, 7) is 0. The Kier molecular flexibility index (Phi) is 5.45. The fourth-order valence-electron chi connectivity index (χ4n) is 1.62. The number of benzene rings is 2. The highest BCUT2D eigenvalue weighted by Crippen LogP contribution is 2.32. The van der Waals surface area contributed by atoms with Gasteiger partial charge in [-0.05, 0) is 61.7 Å². The standard InChI is InChI=1S/C14H9Br2N3O4/c15-11-5-8(6-12(16)13(11)20)7-17-18-14(21)9-1-3-10(4-2-9)19(22)23/h1-7,20H,(H,18,21)/b17-7-. The number of carbonyl (C=O) groups is 1. The Morgan fingerprint density at radius 2 is 1.78 bits per heavy atom. The molecule has 0 unspecified atom stereocenters. The van der Waals surface area contributed by atoms with E-state index in [0.29, 0.717) is 14.5 Å². The molecule has 0 atom stereocenters. The molecule has 2 aromatic rings. The minimum absolute atomic E-state index is 0.0667. The largest absolute Gasteiger partial charge is 0.506 e. The molecule has 0 spiro atoms. The Labute approximate surface area is 147 Å². The van der Waals surface area contributed by atoms with Crippen molar-refractivity contribution in [1.29, 1.82) is 0 Å². The highest BCUT2D eigenvalue weighted by molar-refractivity contribution is 9.11. The van der Waals surface area contributed by atoms with Gasteiger partial charge in [-0.15, -0.1) is 0 Å². The summed E-state index contributed by atoms with van der Waals surface area (Å²) in [5.74, 6) is -0.426. The van der Waals surface area contributed by atoms with E-state index in [0.717, 1.165) is 0 Å². The fraction of sp³-hybridized carbons (Fsp3) is 0. The van der Waals surface area contributed by atoms with Gasteiger partial charge in [0.1, 0.15) is 5.75 Å². The second kappa shape index (κ2) is 7.34. The van der Waals surface area contributed by atoms with Crippen molar-refractivity contribution >= 4 is 49.7 Å². The van der Waals surface area contributed by atoms with E-state index in [1.807, 2.05) is 0 Å². The number of rotatable bonds is 4. The predicted octanol–water partition coefficient (Wildman–Crippen LogP) is 3.59. The van der Waals surface area contributed by atoms with Crippen LogP contribution in [0.2, 0.25) is 0 Å². The molecule has 9 heteroatoms. The van der Waals surface area contributed by atoms with Gasteiger partial charge in [-0.25, -0.2) is 5.43 Å². The number of aromatic hydroxyl groups is 1. The highest BCUT2D eigenvalue weighted by atomic mass is 79.9. The monoisotopic (exact) mass is 441 g/mol. The van der Waals surface area contributed by atoms with E-state index in [4.69, 9.17) is 0 Å². The average Bonchev–Trinajstić information content (AvgIpc) is 2.52. The van der Waals surface area contributed by atoms with Gasteiger partial charge in [-0.2, -0.15) is 5.10 Å². The van der Waals surface area contributed by atoms with Crippen LogP contribution in [0.3, 0.4) is 0 Å². The zero-order valence-electron chi connectivity index (χ0n) is 11.4. The van der Waals surface area contributed by atoms with Gasteiger partial charge in [0.2, 0.25) is 0 Å². The maximum atomic E-state index is 11.9. The Hall–Kier alpha value is -2.26. The van der Waals surface area contributed by atoms with Crippen LogP contribution in [0.1, 0.15) is 15.9 Å². The van der Waals surface area contributed by atoms with Gasteiger partial charge in [0.25, 0.3) is 11.6 Å². The van der Waals surface area contributed by atoms with Gasteiger partial charge in [0, 0.05) is 17.7 Å². The molecule has 0 aliphatic rings. The molecule has 0 aliphatic carbocycles. The van der Waals surface area contributed by atoms with Gasteiger partial charge in [-0.1, -0.05) is 0 Å². The number of nitro groups is 1. The Bertz CT molecular complexity index is 768. The van der Waals surface area contributed by atoms with Crippen LogP contribution < -0.4 is 5.43 Å². The first-order valence-electron chi connectivity index (χ1n) is 6.14. The zero-order chi connectivity index (χ0) is 17.0. The average molecular weight is 443 g/mol. The quantitative estimate of drug-likeness (QED) is 0.428. The van der Waals surface area contributed by atoms with Crippen molar-refractivity contribution in [3.63, 3.8) is 0 Å². The number of hydrogen-bond acceptors (Lipinski definition) is 5. The van der Waals surface area contributed by atoms with Crippen LogP contribution in [-0.2, 0) is 0 Å². The summed E-state index contributed by atoms with van der Waals surface area (Å²) in [5.41, 5.74) is 3.12. The summed E-state index contributed by atoms with van der Waals surface area (Å²) < 4.78 is 0.963. The Balaban J connectivity index is 2.05. The van der Waals surface area contributed by atoms with Crippen molar-refractivity contribution in [1.82, 2.24) is 5.43 Å². The first-order chi connectivity index (χ1) is 10.9. The molecule has 0 aliphatic heterocycles. The molecule has 23 heavy (non-hydrogen) atoms. The summed E-state index contributed by atoms with van der Waals surface area (Å²) in [7, 11) is 0. The van der Waals surface area contributed by atoms with Crippen LogP contribution in [0.25, 0.3) is 0 Å². The molecule has 0 radical (unpaired) electrons. The zero-order valence-corrected chi connectivity index (χ0v) is 14.5. The Morgan fingerprint density at radius 3 is 2.30 bits per heavy atom. The Morgan fingerprint density at radius 1 is 1.22 bits per heavy atom. The van der Waals surface area contributed by atoms with Crippen molar-refractivity contribution in [2.24, 2.45) is 5.10 Å². The summed E-state index contributed by atoms with van der Waals surface area (Å²) >= 11 is 6.38. The maximum Gasteiger partial charge on any atom is 0.271 e. The van der Waals surface area contributed by atoms with E-state index in [9.17, 15) is 20.0 Å². The number of amides is 1. The molecule has 7 nitrogen and oxygen atoms in total. The van der Waals surface area contributed by atoms with Crippen LogP contribution in [0, 0.1) is 10.1 Å². The molecular formula is C14H9Br2N3O4. The number of halogens is 2. The lowest BCUT2D eigenvalue weighted by Crippen LogP contribution is -2.17. The second-order valence-corrected chi connectivity index (χ2v) is 6.04. The number of phenols is 1.